The second kappa shape index (κ2) is 19.5. The van der Waals surface area contributed by atoms with Gasteiger partial charge >= 0.3 is 0 Å². The van der Waals surface area contributed by atoms with E-state index < -0.39 is 11.6 Å². The molecule has 0 spiro atoms. The van der Waals surface area contributed by atoms with Crippen LogP contribution in [0.5, 0.6) is 0 Å². The molecule has 0 aromatic heterocycles. The van der Waals surface area contributed by atoms with Crippen molar-refractivity contribution in [2.24, 2.45) is 17.8 Å². The standard InChI is InChI=1S/C46H61F3/c1-3-5-7-9-10-12-14-16-40-29-32-43(46(49)45(40)48)39-27-25-38(26-28-39)42-31-30-41(33-44(42)47)37-23-21-36(22-24-37)35-19-17-34(18-20-35)15-13-11-8-6-4-2/h23,25-36H,3-22,24H2,1-2H3. The third-order valence-corrected chi connectivity index (χ3v) is 11.8. The molecule has 49 heavy (non-hydrogen) atoms. The first-order valence-electron chi connectivity index (χ1n) is 20.0. The smallest absolute Gasteiger partial charge is 0.166 e. The van der Waals surface area contributed by atoms with E-state index in [9.17, 15) is 4.39 Å². The van der Waals surface area contributed by atoms with Crippen molar-refractivity contribution in [1.82, 2.24) is 0 Å². The Kier molecular flexibility index (Phi) is 14.9. The fourth-order valence-corrected chi connectivity index (χ4v) is 8.59. The number of aryl methyl sites for hydroxylation is 1. The van der Waals surface area contributed by atoms with Crippen molar-refractivity contribution < 1.29 is 13.2 Å². The second-order valence-corrected chi connectivity index (χ2v) is 15.3. The lowest BCUT2D eigenvalue weighted by Crippen LogP contribution is -2.23. The van der Waals surface area contributed by atoms with Crippen LogP contribution in [0.1, 0.15) is 153 Å². The monoisotopic (exact) mass is 670 g/mol. The van der Waals surface area contributed by atoms with Crippen LogP contribution in [0.25, 0.3) is 27.8 Å². The molecule has 0 amide bonds. The zero-order valence-corrected chi connectivity index (χ0v) is 30.5. The van der Waals surface area contributed by atoms with Crippen molar-refractivity contribution in [3.05, 3.63) is 89.3 Å². The Balaban J connectivity index is 1.12. The van der Waals surface area contributed by atoms with E-state index in [1.165, 1.54) is 102 Å². The van der Waals surface area contributed by atoms with Crippen LogP contribution in [-0.4, -0.2) is 0 Å². The molecule has 0 heterocycles. The number of rotatable bonds is 18. The summed E-state index contributed by atoms with van der Waals surface area (Å²) in [6.45, 7) is 4.49. The van der Waals surface area contributed by atoms with Crippen LogP contribution in [0.15, 0.2) is 60.7 Å². The summed E-state index contributed by atoms with van der Waals surface area (Å²) in [4.78, 5) is 0. The zero-order chi connectivity index (χ0) is 34.4. The van der Waals surface area contributed by atoms with Crippen molar-refractivity contribution in [3.63, 3.8) is 0 Å². The van der Waals surface area contributed by atoms with Gasteiger partial charge in [0.15, 0.2) is 11.6 Å². The highest BCUT2D eigenvalue weighted by Gasteiger charge is 2.29. The molecule has 0 saturated heterocycles. The first-order valence-corrected chi connectivity index (χ1v) is 20.0. The quantitative estimate of drug-likeness (QED) is 0.118. The summed E-state index contributed by atoms with van der Waals surface area (Å²) in [6.07, 6.45) is 28.3. The van der Waals surface area contributed by atoms with Gasteiger partial charge in [0.05, 0.1) is 0 Å². The Morgan fingerprint density at radius 3 is 1.78 bits per heavy atom. The van der Waals surface area contributed by atoms with Crippen LogP contribution in [0.4, 0.5) is 13.2 Å². The summed E-state index contributed by atoms with van der Waals surface area (Å²) in [5, 5.41) is 0. The molecule has 3 aromatic rings. The van der Waals surface area contributed by atoms with Crippen molar-refractivity contribution in [2.75, 3.05) is 0 Å². The minimum atomic E-state index is -0.799. The van der Waals surface area contributed by atoms with E-state index in [1.807, 2.05) is 24.3 Å². The maximum absolute atomic E-state index is 15.5. The predicted octanol–water partition coefficient (Wildman–Crippen LogP) is 15.1. The molecule has 1 unspecified atom stereocenters. The van der Waals surface area contributed by atoms with E-state index in [-0.39, 0.29) is 11.4 Å². The van der Waals surface area contributed by atoms with Gasteiger partial charge in [-0.2, -0.15) is 0 Å². The van der Waals surface area contributed by atoms with Gasteiger partial charge in [0.2, 0.25) is 0 Å². The molecule has 1 atom stereocenters. The normalized spacial score (nSPS) is 19.6. The van der Waals surface area contributed by atoms with E-state index in [1.54, 1.807) is 30.3 Å². The first kappa shape index (κ1) is 37.4. The number of hydrogen-bond donors (Lipinski definition) is 0. The average molecular weight is 671 g/mol. The summed E-state index contributed by atoms with van der Waals surface area (Å²) in [5.74, 6) is 0.796. The minimum Gasteiger partial charge on any atom is -0.206 e. The first-order chi connectivity index (χ1) is 24.0. The number of hydrogen-bond acceptors (Lipinski definition) is 0. The Morgan fingerprint density at radius 2 is 1.14 bits per heavy atom. The molecular formula is C46H61F3. The van der Waals surface area contributed by atoms with Crippen molar-refractivity contribution in [1.29, 1.82) is 0 Å². The second-order valence-electron chi connectivity index (χ2n) is 15.3. The summed E-state index contributed by atoms with van der Waals surface area (Å²) >= 11 is 0. The third-order valence-electron chi connectivity index (χ3n) is 11.8. The van der Waals surface area contributed by atoms with Crippen LogP contribution in [0.2, 0.25) is 0 Å². The molecule has 3 aromatic carbocycles. The van der Waals surface area contributed by atoms with Crippen LogP contribution in [0.3, 0.4) is 0 Å². The van der Waals surface area contributed by atoms with Gasteiger partial charge in [-0.05, 0) is 96.6 Å². The molecule has 0 bridgehead atoms. The summed E-state index contributed by atoms with van der Waals surface area (Å²) in [6, 6.07) is 16.1. The van der Waals surface area contributed by atoms with Crippen LogP contribution in [0, 0.1) is 35.2 Å². The van der Waals surface area contributed by atoms with E-state index in [4.69, 9.17) is 0 Å². The van der Waals surface area contributed by atoms with Gasteiger partial charge in [-0.15, -0.1) is 0 Å². The maximum Gasteiger partial charge on any atom is 0.166 e. The summed E-state index contributed by atoms with van der Waals surface area (Å²) in [7, 11) is 0. The van der Waals surface area contributed by atoms with E-state index in [0.29, 0.717) is 23.1 Å². The Hall–Kier alpha value is -2.81. The molecule has 0 nitrogen and oxygen atoms in total. The van der Waals surface area contributed by atoms with E-state index in [0.717, 1.165) is 61.0 Å². The van der Waals surface area contributed by atoms with E-state index >= 15 is 8.78 Å². The lowest BCUT2D eigenvalue weighted by Gasteiger charge is -2.35. The Bertz CT molecular complexity index is 1460. The minimum absolute atomic E-state index is 0.242. The van der Waals surface area contributed by atoms with Gasteiger partial charge in [-0.3, -0.25) is 0 Å². The van der Waals surface area contributed by atoms with Crippen molar-refractivity contribution in [3.8, 4) is 22.3 Å². The highest BCUT2D eigenvalue weighted by molar-refractivity contribution is 5.74. The Morgan fingerprint density at radius 1 is 0.551 bits per heavy atom. The van der Waals surface area contributed by atoms with Gasteiger partial charge < -0.3 is 0 Å². The van der Waals surface area contributed by atoms with Gasteiger partial charge in [0, 0.05) is 11.1 Å². The predicted molar refractivity (Wildman–Crippen MR) is 203 cm³/mol. The van der Waals surface area contributed by atoms with Gasteiger partial charge in [-0.1, -0.05) is 158 Å². The van der Waals surface area contributed by atoms with Crippen molar-refractivity contribution in [2.45, 2.75) is 149 Å². The molecule has 1 saturated carbocycles. The zero-order valence-electron chi connectivity index (χ0n) is 30.5. The number of benzene rings is 3. The lowest BCUT2D eigenvalue weighted by molar-refractivity contribution is 0.187. The van der Waals surface area contributed by atoms with Gasteiger partial charge in [0.1, 0.15) is 5.82 Å². The molecule has 0 aliphatic heterocycles. The number of halogens is 3. The fraction of sp³-hybridized carbons (Fsp3) is 0.565. The number of allylic oxidation sites excluding steroid dienone is 2. The molecule has 266 valence electrons. The van der Waals surface area contributed by atoms with Crippen LogP contribution in [-0.2, 0) is 6.42 Å². The molecule has 2 aliphatic rings. The highest BCUT2D eigenvalue weighted by atomic mass is 19.2. The molecular weight excluding hydrogens is 610 g/mol. The fourth-order valence-electron chi connectivity index (χ4n) is 8.59. The maximum atomic E-state index is 15.5. The third kappa shape index (κ3) is 10.6. The Labute approximate surface area is 296 Å². The SMILES string of the molecule is CCCCCCCCCc1ccc(-c2ccc(-c3ccc(C4=CCC(C5CCC(CCCCCCC)CC5)CC4)cc3F)cc2)c(F)c1F. The largest absolute Gasteiger partial charge is 0.206 e. The summed E-state index contributed by atoms with van der Waals surface area (Å²) < 4.78 is 45.6. The summed E-state index contributed by atoms with van der Waals surface area (Å²) in [5.41, 5.74) is 4.81. The van der Waals surface area contributed by atoms with Crippen LogP contribution >= 0.6 is 0 Å². The molecule has 0 N–H and O–H groups in total. The molecule has 2 aliphatic carbocycles. The van der Waals surface area contributed by atoms with Crippen LogP contribution < -0.4 is 0 Å². The molecule has 3 heteroatoms. The van der Waals surface area contributed by atoms with E-state index in [2.05, 4.69) is 19.9 Å². The number of unbranched alkanes of at least 4 members (excludes halogenated alkanes) is 10. The van der Waals surface area contributed by atoms with Gasteiger partial charge in [-0.25, -0.2) is 13.2 Å². The van der Waals surface area contributed by atoms with Crippen molar-refractivity contribution >= 4 is 5.57 Å². The lowest BCUT2D eigenvalue weighted by atomic mass is 9.70. The topological polar surface area (TPSA) is 0 Å². The average Bonchev–Trinajstić information content (AvgIpc) is 3.13. The highest BCUT2D eigenvalue weighted by Crippen LogP contribution is 2.42. The molecule has 0 radical (unpaired) electrons. The van der Waals surface area contributed by atoms with Gasteiger partial charge in [0.25, 0.3) is 0 Å². The molecule has 5 rings (SSSR count). The molecule has 1 fully saturated rings.